The van der Waals surface area contributed by atoms with Gasteiger partial charge in [0.15, 0.2) is 0 Å². The summed E-state index contributed by atoms with van der Waals surface area (Å²) in [4.78, 5) is 18.1. The van der Waals surface area contributed by atoms with Crippen molar-refractivity contribution < 1.29 is 4.92 Å². The van der Waals surface area contributed by atoms with Crippen LogP contribution in [0.2, 0.25) is 0 Å². The number of pyridine rings is 1. The minimum absolute atomic E-state index is 0.167. The van der Waals surface area contributed by atoms with Crippen LogP contribution in [0.3, 0.4) is 0 Å². The van der Waals surface area contributed by atoms with Crippen molar-refractivity contribution in [2.24, 2.45) is 0 Å². The van der Waals surface area contributed by atoms with Crippen LogP contribution in [0.5, 0.6) is 0 Å². The Labute approximate surface area is 151 Å². The lowest BCUT2D eigenvalue weighted by atomic mass is 10.2. The zero-order valence-corrected chi connectivity index (χ0v) is 14.6. The van der Waals surface area contributed by atoms with Gasteiger partial charge in [0.2, 0.25) is 0 Å². The molecule has 0 radical (unpaired) electrons. The van der Waals surface area contributed by atoms with Gasteiger partial charge in [0.05, 0.1) is 21.0 Å². The first kappa shape index (κ1) is 15.7. The van der Waals surface area contributed by atoms with Crippen molar-refractivity contribution in [1.29, 1.82) is 0 Å². The summed E-state index contributed by atoms with van der Waals surface area (Å²) in [5, 5.41) is 12.1. The van der Waals surface area contributed by atoms with Gasteiger partial charge in [-0.1, -0.05) is 35.6 Å². The normalized spacial score (nSPS) is 11.4. The zero-order chi connectivity index (χ0) is 17.2. The first-order valence-electron chi connectivity index (χ1n) is 7.57. The number of fused-ring (bicyclic) bond motifs is 1. The summed E-state index contributed by atoms with van der Waals surface area (Å²) in [5.74, 6) is 0. The minimum Gasteiger partial charge on any atom is -0.258 e. The van der Waals surface area contributed by atoms with Crippen molar-refractivity contribution in [3.8, 4) is 9.75 Å². The van der Waals surface area contributed by atoms with E-state index in [1.54, 1.807) is 23.5 Å². The van der Waals surface area contributed by atoms with Crippen LogP contribution in [0, 0.1) is 10.1 Å². The summed E-state index contributed by atoms with van der Waals surface area (Å²) in [6, 6.07) is 19.4. The van der Waals surface area contributed by atoms with Gasteiger partial charge in [0.1, 0.15) is 0 Å². The van der Waals surface area contributed by atoms with E-state index in [0.29, 0.717) is 0 Å². The molecule has 0 spiro atoms. The predicted octanol–water partition coefficient (Wildman–Crippen LogP) is 6.10. The zero-order valence-electron chi connectivity index (χ0n) is 13.0. The lowest BCUT2D eigenvalue weighted by molar-refractivity contribution is -0.380. The van der Waals surface area contributed by atoms with Crippen LogP contribution in [0.25, 0.3) is 32.8 Å². The van der Waals surface area contributed by atoms with E-state index in [-0.39, 0.29) is 9.92 Å². The Bertz CT molecular complexity index is 1100. The average molecular weight is 364 g/mol. The Kier molecular flexibility index (Phi) is 4.13. The summed E-state index contributed by atoms with van der Waals surface area (Å²) < 4.78 is 0. The molecule has 0 saturated heterocycles. The van der Waals surface area contributed by atoms with E-state index in [1.807, 2.05) is 54.6 Å². The number of hydrogen-bond donors (Lipinski definition) is 0. The second kappa shape index (κ2) is 6.58. The van der Waals surface area contributed by atoms with Gasteiger partial charge in [-0.05, 0) is 42.5 Å². The molecular formula is C19H12N2O2S2. The number of nitro groups is 1. The van der Waals surface area contributed by atoms with Crippen molar-refractivity contribution in [2.45, 2.75) is 0 Å². The van der Waals surface area contributed by atoms with Gasteiger partial charge < -0.3 is 0 Å². The molecule has 4 nitrogen and oxygen atoms in total. The van der Waals surface area contributed by atoms with Crippen LogP contribution in [0.15, 0.2) is 60.7 Å². The molecule has 6 heteroatoms. The number of nitrogens with zero attached hydrogens (tertiary/aromatic N) is 2. The molecule has 0 saturated carbocycles. The van der Waals surface area contributed by atoms with Crippen molar-refractivity contribution in [3.63, 3.8) is 0 Å². The standard InChI is InChI=1S/C19H12N2O2S2/c22-21(23)19-12-11-18(25-19)17-10-9-15(24-17)8-7-14-6-5-13-3-1-2-4-16(13)20-14/h1-12H. The molecule has 0 unspecified atom stereocenters. The smallest absolute Gasteiger partial charge is 0.258 e. The molecule has 3 heterocycles. The molecule has 122 valence electrons. The van der Waals surface area contributed by atoms with Crippen LogP contribution < -0.4 is 0 Å². The predicted molar refractivity (Wildman–Crippen MR) is 105 cm³/mol. The third kappa shape index (κ3) is 3.35. The van der Waals surface area contributed by atoms with E-state index < -0.39 is 0 Å². The second-order valence-corrected chi connectivity index (χ2v) is 7.54. The molecular weight excluding hydrogens is 352 g/mol. The molecule has 0 aliphatic rings. The van der Waals surface area contributed by atoms with Gasteiger partial charge in [-0.15, -0.1) is 11.3 Å². The summed E-state index contributed by atoms with van der Waals surface area (Å²) >= 11 is 2.81. The fourth-order valence-electron chi connectivity index (χ4n) is 2.48. The maximum atomic E-state index is 10.8. The third-order valence-electron chi connectivity index (χ3n) is 3.68. The van der Waals surface area contributed by atoms with Gasteiger partial charge in [-0.25, -0.2) is 4.98 Å². The Hall–Kier alpha value is -2.83. The van der Waals surface area contributed by atoms with Crippen LogP contribution in [-0.4, -0.2) is 9.91 Å². The molecule has 0 atom stereocenters. The topological polar surface area (TPSA) is 56.0 Å². The summed E-state index contributed by atoms with van der Waals surface area (Å²) in [6.45, 7) is 0. The van der Waals surface area contributed by atoms with Crippen LogP contribution >= 0.6 is 22.7 Å². The van der Waals surface area contributed by atoms with Gasteiger partial charge in [0.25, 0.3) is 0 Å². The molecule has 0 fully saturated rings. The molecule has 0 N–H and O–H groups in total. The third-order valence-corrected chi connectivity index (χ3v) is 5.96. The summed E-state index contributed by atoms with van der Waals surface area (Å²) in [6.07, 6.45) is 4.01. The summed E-state index contributed by atoms with van der Waals surface area (Å²) in [7, 11) is 0. The number of hydrogen-bond acceptors (Lipinski definition) is 5. The highest BCUT2D eigenvalue weighted by molar-refractivity contribution is 7.24. The van der Waals surface area contributed by atoms with Gasteiger partial charge in [0, 0.05) is 21.2 Å². The van der Waals surface area contributed by atoms with Gasteiger partial charge in [-0.3, -0.25) is 10.1 Å². The molecule has 0 aliphatic heterocycles. The van der Waals surface area contributed by atoms with E-state index >= 15 is 0 Å². The van der Waals surface area contributed by atoms with Crippen LogP contribution in [0.4, 0.5) is 5.00 Å². The Morgan fingerprint density at radius 3 is 2.52 bits per heavy atom. The van der Waals surface area contributed by atoms with Crippen molar-refractivity contribution in [3.05, 3.63) is 81.3 Å². The van der Waals surface area contributed by atoms with E-state index in [4.69, 9.17) is 0 Å². The molecule has 25 heavy (non-hydrogen) atoms. The molecule has 4 rings (SSSR count). The lowest BCUT2D eigenvalue weighted by Crippen LogP contribution is -1.81. The first-order chi connectivity index (χ1) is 12.2. The lowest BCUT2D eigenvalue weighted by Gasteiger charge is -1.97. The van der Waals surface area contributed by atoms with Crippen molar-refractivity contribution in [1.82, 2.24) is 4.98 Å². The Balaban J connectivity index is 1.56. The fraction of sp³-hybridized carbons (Fsp3) is 0. The van der Waals surface area contributed by atoms with Crippen molar-refractivity contribution >= 4 is 50.7 Å². The van der Waals surface area contributed by atoms with Gasteiger partial charge in [-0.2, -0.15) is 0 Å². The number of rotatable bonds is 4. The van der Waals surface area contributed by atoms with Crippen LogP contribution in [-0.2, 0) is 0 Å². The number of benzene rings is 1. The molecule has 0 amide bonds. The monoisotopic (exact) mass is 364 g/mol. The first-order valence-corrected chi connectivity index (χ1v) is 9.21. The molecule has 0 bridgehead atoms. The minimum atomic E-state index is -0.353. The Morgan fingerprint density at radius 1 is 0.880 bits per heavy atom. The van der Waals surface area contributed by atoms with Gasteiger partial charge >= 0.3 is 5.00 Å². The molecule has 3 aromatic heterocycles. The fourth-order valence-corrected chi connectivity index (χ4v) is 4.30. The molecule has 0 aliphatic carbocycles. The number of aromatic nitrogens is 1. The largest absolute Gasteiger partial charge is 0.324 e. The molecule has 1 aromatic carbocycles. The van der Waals surface area contributed by atoms with Crippen molar-refractivity contribution in [2.75, 3.05) is 0 Å². The Morgan fingerprint density at radius 2 is 1.68 bits per heavy atom. The highest BCUT2D eigenvalue weighted by Gasteiger charge is 2.12. The molecule has 4 aromatic rings. The van der Waals surface area contributed by atoms with E-state index in [0.717, 1.165) is 31.2 Å². The SMILES string of the molecule is O=[N+]([O-])c1ccc(-c2ccc(C=Cc3ccc4ccccc4n3)s2)s1. The van der Waals surface area contributed by atoms with E-state index in [1.165, 1.54) is 11.3 Å². The van der Waals surface area contributed by atoms with Crippen LogP contribution in [0.1, 0.15) is 10.6 Å². The second-order valence-electron chi connectivity index (χ2n) is 5.36. The maximum Gasteiger partial charge on any atom is 0.324 e. The van der Waals surface area contributed by atoms with E-state index in [9.17, 15) is 10.1 Å². The average Bonchev–Trinajstić information content (AvgIpc) is 3.29. The quantitative estimate of drug-likeness (QED) is 0.324. The number of thiophene rings is 2. The maximum absolute atomic E-state index is 10.8. The summed E-state index contributed by atoms with van der Waals surface area (Å²) in [5.41, 5.74) is 1.88. The highest BCUT2D eigenvalue weighted by Crippen LogP contribution is 2.37. The van der Waals surface area contributed by atoms with E-state index in [2.05, 4.69) is 11.1 Å². The highest BCUT2D eigenvalue weighted by atomic mass is 32.1. The number of para-hydroxylation sites is 1.